The van der Waals surface area contributed by atoms with Crippen LogP contribution in [0.25, 0.3) is 0 Å². The molecule has 0 saturated carbocycles. The smallest absolute Gasteiger partial charge is 0.344 e. The fourth-order valence-corrected chi connectivity index (χ4v) is 2.54. The lowest BCUT2D eigenvalue weighted by Gasteiger charge is -2.09. The molecule has 0 aromatic heterocycles. The molecule has 0 atom stereocenters. The molecule has 10 heteroatoms. The number of carbonyl (C=O) groups is 2. The molecule has 0 saturated heterocycles. The van der Waals surface area contributed by atoms with Gasteiger partial charge in [-0.25, -0.2) is 9.59 Å². The van der Waals surface area contributed by atoms with Crippen molar-refractivity contribution in [1.82, 2.24) is 0 Å². The summed E-state index contributed by atoms with van der Waals surface area (Å²) >= 11 is 0. The van der Waals surface area contributed by atoms with Gasteiger partial charge in [-0.3, -0.25) is 20.2 Å². The van der Waals surface area contributed by atoms with Gasteiger partial charge in [-0.05, 0) is 24.3 Å². The zero-order valence-corrected chi connectivity index (χ0v) is 15.1. The third-order valence-corrected chi connectivity index (χ3v) is 3.90. The molecule has 0 aliphatic rings. The Morgan fingerprint density at radius 1 is 0.600 bits per heavy atom. The Balaban J connectivity index is 1.90. The lowest BCUT2D eigenvalue weighted by atomic mass is 10.1. The minimum atomic E-state index is -1.03. The molecule has 3 aromatic rings. The van der Waals surface area contributed by atoms with Gasteiger partial charge in [0.2, 0.25) is 11.5 Å². The summed E-state index contributed by atoms with van der Waals surface area (Å²) < 4.78 is 10.2. The summed E-state index contributed by atoms with van der Waals surface area (Å²) in [7, 11) is 0. The maximum absolute atomic E-state index is 12.6. The van der Waals surface area contributed by atoms with Gasteiger partial charge in [-0.1, -0.05) is 36.4 Å². The van der Waals surface area contributed by atoms with Crippen LogP contribution in [-0.2, 0) is 0 Å². The minimum absolute atomic E-state index is 0.223. The summed E-state index contributed by atoms with van der Waals surface area (Å²) in [6, 6.07) is 16.0. The van der Waals surface area contributed by atoms with Crippen LogP contribution in [0.5, 0.6) is 11.5 Å². The van der Waals surface area contributed by atoms with Crippen molar-refractivity contribution in [3.63, 3.8) is 0 Å². The number of rotatable bonds is 6. The van der Waals surface area contributed by atoms with Crippen LogP contribution in [0.2, 0.25) is 0 Å². The van der Waals surface area contributed by atoms with Gasteiger partial charge in [0.05, 0.1) is 21.0 Å². The van der Waals surface area contributed by atoms with Crippen molar-refractivity contribution in [2.75, 3.05) is 0 Å². The first-order valence-electron chi connectivity index (χ1n) is 8.38. The number of ether oxygens (including phenoxy) is 2. The van der Waals surface area contributed by atoms with Gasteiger partial charge >= 0.3 is 23.3 Å². The number of para-hydroxylation sites is 4. The van der Waals surface area contributed by atoms with E-state index in [1.54, 1.807) is 0 Å². The second-order valence-electron chi connectivity index (χ2n) is 5.77. The molecule has 0 heterocycles. The summed E-state index contributed by atoms with van der Waals surface area (Å²) in [5.74, 6) is -2.65. The standard InChI is InChI=1S/C20H12N2O8/c23-19(29-17-11-5-3-9-15(17)21(25)26)13-7-1-2-8-14(13)20(24)30-18-12-6-4-10-16(18)22(27)28/h1-12H. The van der Waals surface area contributed by atoms with Crippen LogP contribution in [0.3, 0.4) is 0 Å². The molecule has 0 bridgehead atoms. The van der Waals surface area contributed by atoms with E-state index in [0.717, 1.165) is 12.1 Å². The normalized spacial score (nSPS) is 10.1. The second kappa shape index (κ2) is 8.61. The summed E-state index contributed by atoms with van der Waals surface area (Å²) in [6.45, 7) is 0. The number of hydrogen-bond acceptors (Lipinski definition) is 8. The zero-order chi connectivity index (χ0) is 21.7. The van der Waals surface area contributed by atoms with Crippen molar-refractivity contribution >= 4 is 23.3 Å². The van der Waals surface area contributed by atoms with E-state index in [4.69, 9.17) is 9.47 Å². The molecule has 0 amide bonds. The summed E-state index contributed by atoms with van der Waals surface area (Å²) in [4.78, 5) is 45.9. The van der Waals surface area contributed by atoms with Gasteiger partial charge in [0.25, 0.3) is 0 Å². The first kappa shape index (κ1) is 20.1. The highest BCUT2D eigenvalue weighted by Gasteiger charge is 2.25. The van der Waals surface area contributed by atoms with Crippen molar-refractivity contribution in [1.29, 1.82) is 0 Å². The number of benzene rings is 3. The van der Waals surface area contributed by atoms with Crippen LogP contribution < -0.4 is 9.47 Å². The Morgan fingerprint density at radius 2 is 0.933 bits per heavy atom. The van der Waals surface area contributed by atoms with E-state index in [9.17, 15) is 29.8 Å². The van der Waals surface area contributed by atoms with Gasteiger partial charge in [-0.2, -0.15) is 0 Å². The fraction of sp³-hybridized carbons (Fsp3) is 0. The van der Waals surface area contributed by atoms with Crippen LogP contribution >= 0.6 is 0 Å². The molecule has 3 aromatic carbocycles. The molecule has 10 nitrogen and oxygen atoms in total. The van der Waals surface area contributed by atoms with Crippen LogP contribution in [0.1, 0.15) is 20.7 Å². The van der Waals surface area contributed by atoms with Crippen molar-refractivity contribution < 1.29 is 28.9 Å². The maximum atomic E-state index is 12.6. The van der Waals surface area contributed by atoms with Gasteiger partial charge < -0.3 is 9.47 Å². The predicted octanol–water partition coefficient (Wildman–Crippen LogP) is 3.94. The predicted molar refractivity (Wildman–Crippen MR) is 103 cm³/mol. The first-order valence-corrected chi connectivity index (χ1v) is 8.38. The topological polar surface area (TPSA) is 139 Å². The Bertz CT molecular complexity index is 1070. The van der Waals surface area contributed by atoms with E-state index >= 15 is 0 Å². The number of nitro benzene ring substituents is 2. The van der Waals surface area contributed by atoms with Crippen molar-refractivity contribution in [2.45, 2.75) is 0 Å². The molecule has 0 radical (unpaired) electrons. The largest absolute Gasteiger partial charge is 0.416 e. The number of esters is 2. The van der Waals surface area contributed by atoms with Crippen molar-refractivity contribution in [3.05, 3.63) is 104 Å². The van der Waals surface area contributed by atoms with E-state index < -0.39 is 33.2 Å². The Morgan fingerprint density at radius 3 is 1.30 bits per heavy atom. The van der Waals surface area contributed by atoms with Crippen LogP contribution in [0.15, 0.2) is 72.8 Å². The molecule has 150 valence electrons. The molecular weight excluding hydrogens is 396 g/mol. The average Bonchev–Trinajstić information content (AvgIpc) is 2.74. The second-order valence-corrected chi connectivity index (χ2v) is 5.77. The lowest BCUT2D eigenvalue weighted by Crippen LogP contribution is -2.18. The monoisotopic (exact) mass is 408 g/mol. The third-order valence-electron chi connectivity index (χ3n) is 3.90. The van der Waals surface area contributed by atoms with E-state index in [2.05, 4.69) is 0 Å². The minimum Gasteiger partial charge on any atom is -0.416 e. The highest BCUT2D eigenvalue weighted by molar-refractivity contribution is 6.04. The molecular formula is C20H12N2O8. The number of carbonyl (C=O) groups excluding carboxylic acids is 2. The van der Waals surface area contributed by atoms with E-state index in [0.29, 0.717) is 0 Å². The lowest BCUT2D eigenvalue weighted by molar-refractivity contribution is -0.385. The number of hydrogen-bond donors (Lipinski definition) is 0. The average molecular weight is 408 g/mol. The maximum Gasteiger partial charge on any atom is 0.344 e. The van der Waals surface area contributed by atoms with Crippen LogP contribution in [-0.4, -0.2) is 21.8 Å². The van der Waals surface area contributed by atoms with E-state index in [-0.39, 0.29) is 22.6 Å². The van der Waals surface area contributed by atoms with E-state index in [1.807, 2.05) is 0 Å². The molecule has 0 aliphatic carbocycles. The van der Waals surface area contributed by atoms with Crippen molar-refractivity contribution in [3.8, 4) is 11.5 Å². The SMILES string of the molecule is O=C(Oc1ccccc1[N+](=O)[O-])c1ccccc1C(=O)Oc1ccccc1[N+](=O)[O-]. The molecule has 3 rings (SSSR count). The summed E-state index contributed by atoms with van der Waals surface area (Å²) in [6.07, 6.45) is 0. The first-order chi connectivity index (χ1) is 14.4. The molecule has 30 heavy (non-hydrogen) atoms. The fourth-order valence-electron chi connectivity index (χ4n) is 2.54. The highest BCUT2D eigenvalue weighted by Crippen LogP contribution is 2.29. The third kappa shape index (κ3) is 4.28. The van der Waals surface area contributed by atoms with E-state index in [1.165, 1.54) is 60.7 Å². The van der Waals surface area contributed by atoms with Gasteiger partial charge in [0.1, 0.15) is 0 Å². The highest BCUT2D eigenvalue weighted by atomic mass is 16.6. The molecule has 0 fully saturated rings. The number of nitrogens with zero attached hydrogens (tertiary/aromatic N) is 2. The van der Waals surface area contributed by atoms with Gasteiger partial charge in [0.15, 0.2) is 0 Å². The van der Waals surface area contributed by atoms with Crippen molar-refractivity contribution in [2.24, 2.45) is 0 Å². The van der Waals surface area contributed by atoms with Gasteiger partial charge in [0, 0.05) is 12.1 Å². The quantitative estimate of drug-likeness (QED) is 0.259. The van der Waals surface area contributed by atoms with Crippen LogP contribution in [0.4, 0.5) is 11.4 Å². The van der Waals surface area contributed by atoms with Gasteiger partial charge in [-0.15, -0.1) is 0 Å². The molecule has 0 N–H and O–H groups in total. The number of nitro groups is 2. The Hall–Kier alpha value is -4.60. The summed E-state index contributed by atoms with van der Waals surface area (Å²) in [5.41, 5.74) is -1.30. The Labute approximate surface area is 168 Å². The zero-order valence-electron chi connectivity index (χ0n) is 15.1. The molecule has 0 spiro atoms. The van der Waals surface area contributed by atoms with Crippen LogP contribution in [0, 0.1) is 20.2 Å². The molecule has 0 unspecified atom stereocenters. The summed E-state index contributed by atoms with van der Waals surface area (Å²) in [5, 5.41) is 22.2. The molecule has 0 aliphatic heterocycles. The Kier molecular flexibility index (Phi) is 5.78.